The molecule has 0 bridgehead atoms. The van der Waals surface area contributed by atoms with Gasteiger partial charge in [0.25, 0.3) is 0 Å². The van der Waals surface area contributed by atoms with Gasteiger partial charge in [0.2, 0.25) is 0 Å². The Morgan fingerprint density at radius 1 is 1.00 bits per heavy atom. The number of aromatic amines is 1. The van der Waals surface area contributed by atoms with Crippen molar-refractivity contribution < 1.29 is 0 Å². The summed E-state index contributed by atoms with van der Waals surface area (Å²) in [5.41, 5.74) is 4.68. The van der Waals surface area contributed by atoms with Crippen LogP contribution in [0.5, 0.6) is 0 Å². The van der Waals surface area contributed by atoms with Gasteiger partial charge in [0.15, 0.2) is 0 Å². The Hall–Kier alpha value is -1.61. The van der Waals surface area contributed by atoms with Crippen LogP contribution in [0.2, 0.25) is 0 Å². The lowest BCUT2D eigenvalue weighted by Crippen LogP contribution is -1.89. The van der Waals surface area contributed by atoms with Gasteiger partial charge in [-0.3, -0.25) is 0 Å². The van der Waals surface area contributed by atoms with Gasteiger partial charge in [0.1, 0.15) is 5.82 Å². The van der Waals surface area contributed by atoms with Gasteiger partial charge in [-0.05, 0) is 23.3 Å². The van der Waals surface area contributed by atoms with E-state index < -0.39 is 0 Å². The van der Waals surface area contributed by atoms with E-state index in [1.807, 2.05) is 6.07 Å². The van der Waals surface area contributed by atoms with E-state index in [4.69, 9.17) is 0 Å². The van der Waals surface area contributed by atoms with E-state index in [1.54, 1.807) is 0 Å². The number of halogens is 1. The molecule has 3 rings (SSSR count). The van der Waals surface area contributed by atoms with Crippen LogP contribution in [-0.4, -0.2) is 9.97 Å². The van der Waals surface area contributed by atoms with Crippen LogP contribution in [0.15, 0.2) is 48.5 Å². The first-order valence-corrected chi connectivity index (χ1v) is 7.05. The first kappa shape index (κ1) is 11.5. The second kappa shape index (κ2) is 4.94. The van der Waals surface area contributed by atoms with E-state index in [2.05, 4.69) is 68.4 Å². The zero-order valence-electron chi connectivity index (χ0n) is 9.86. The smallest absolute Gasteiger partial charge is 0.111 e. The molecule has 0 fully saturated rings. The Morgan fingerprint density at radius 2 is 1.83 bits per heavy atom. The Kier molecular flexibility index (Phi) is 3.15. The Labute approximate surface area is 114 Å². The van der Waals surface area contributed by atoms with E-state index in [1.165, 1.54) is 11.1 Å². The predicted molar refractivity (Wildman–Crippen MR) is 78.0 cm³/mol. The predicted octanol–water partition coefficient (Wildman–Crippen LogP) is 4.05. The van der Waals surface area contributed by atoms with Crippen molar-refractivity contribution in [3.8, 4) is 0 Å². The van der Waals surface area contributed by atoms with Gasteiger partial charge < -0.3 is 4.98 Å². The first-order chi connectivity index (χ1) is 8.85. The molecule has 0 aliphatic heterocycles. The third kappa shape index (κ3) is 2.31. The number of benzene rings is 2. The van der Waals surface area contributed by atoms with Crippen molar-refractivity contribution >= 4 is 27.0 Å². The number of imidazole rings is 1. The molecule has 1 N–H and O–H groups in total. The molecule has 0 saturated carbocycles. The number of nitrogens with one attached hydrogen (secondary N) is 1. The summed E-state index contributed by atoms with van der Waals surface area (Å²) in [4.78, 5) is 8.00. The summed E-state index contributed by atoms with van der Waals surface area (Å²) in [7, 11) is 0. The molecule has 90 valence electrons. The Balaban J connectivity index is 1.94. The molecule has 3 aromatic rings. The highest BCUT2D eigenvalue weighted by Crippen LogP contribution is 2.17. The molecule has 0 radical (unpaired) electrons. The van der Waals surface area contributed by atoms with Gasteiger partial charge in [-0.1, -0.05) is 52.3 Å². The molecule has 3 heteroatoms. The maximum atomic E-state index is 4.61. The zero-order valence-corrected chi connectivity index (χ0v) is 11.4. The second-order valence-electron chi connectivity index (χ2n) is 4.33. The SMILES string of the molecule is BrCc1ccc2nc(Cc3ccccc3)[nH]c2c1. The van der Waals surface area contributed by atoms with Crippen LogP contribution >= 0.6 is 15.9 Å². The number of hydrogen-bond acceptors (Lipinski definition) is 1. The van der Waals surface area contributed by atoms with Crippen LogP contribution in [0.25, 0.3) is 11.0 Å². The molecule has 0 amide bonds. The fourth-order valence-electron chi connectivity index (χ4n) is 2.07. The monoisotopic (exact) mass is 300 g/mol. The molecule has 1 aromatic heterocycles. The van der Waals surface area contributed by atoms with Crippen LogP contribution < -0.4 is 0 Å². The van der Waals surface area contributed by atoms with Crippen LogP contribution in [-0.2, 0) is 11.8 Å². The summed E-state index contributed by atoms with van der Waals surface area (Å²) >= 11 is 3.47. The molecule has 2 aromatic carbocycles. The van der Waals surface area contributed by atoms with Crippen molar-refractivity contribution in [2.24, 2.45) is 0 Å². The highest BCUT2D eigenvalue weighted by Gasteiger charge is 2.04. The first-order valence-electron chi connectivity index (χ1n) is 5.92. The summed E-state index contributed by atoms with van der Waals surface area (Å²) in [5, 5.41) is 0.871. The molecule has 0 unspecified atom stereocenters. The summed E-state index contributed by atoms with van der Waals surface area (Å²) in [6, 6.07) is 16.7. The Morgan fingerprint density at radius 3 is 2.61 bits per heavy atom. The average molecular weight is 301 g/mol. The molecule has 0 aliphatic rings. The third-order valence-corrected chi connectivity index (χ3v) is 3.61. The van der Waals surface area contributed by atoms with E-state index in [0.717, 1.165) is 28.6 Å². The minimum Gasteiger partial charge on any atom is -0.342 e. The maximum Gasteiger partial charge on any atom is 0.111 e. The molecule has 0 aliphatic carbocycles. The van der Waals surface area contributed by atoms with Crippen molar-refractivity contribution in [1.82, 2.24) is 9.97 Å². The van der Waals surface area contributed by atoms with Gasteiger partial charge >= 0.3 is 0 Å². The fourth-order valence-corrected chi connectivity index (χ4v) is 2.41. The molecule has 0 saturated heterocycles. The number of H-pyrrole nitrogens is 1. The van der Waals surface area contributed by atoms with Gasteiger partial charge in [-0.2, -0.15) is 0 Å². The number of rotatable bonds is 3. The third-order valence-electron chi connectivity index (χ3n) is 2.96. The van der Waals surface area contributed by atoms with Crippen LogP contribution in [0, 0.1) is 0 Å². The molecule has 0 atom stereocenters. The molecule has 2 nitrogen and oxygen atoms in total. The van der Waals surface area contributed by atoms with Crippen molar-refractivity contribution in [3.05, 3.63) is 65.5 Å². The van der Waals surface area contributed by atoms with Crippen LogP contribution in [0.1, 0.15) is 17.0 Å². The van der Waals surface area contributed by atoms with Crippen molar-refractivity contribution in [2.45, 2.75) is 11.8 Å². The summed E-state index contributed by atoms with van der Waals surface area (Å²) in [6.45, 7) is 0. The summed E-state index contributed by atoms with van der Waals surface area (Å²) in [5.74, 6) is 1.02. The Bertz CT molecular complexity index is 659. The van der Waals surface area contributed by atoms with E-state index in [-0.39, 0.29) is 0 Å². The number of fused-ring (bicyclic) bond motifs is 1. The van der Waals surface area contributed by atoms with Crippen molar-refractivity contribution in [2.75, 3.05) is 0 Å². The van der Waals surface area contributed by atoms with E-state index >= 15 is 0 Å². The second-order valence-corrected chi connectivity index (χ2v) is 4.89. The topological polar surface area (TPSA) is 28.7 Å². The molecular weight excluding hydrogens is 288 g/mol. The lowest BCUT2D eigenvalue weighted by molar-refractivity contribution is 1.04. The number of nitrogens with zero attached hydrogens (tertiary/aromatic N) is 1. The minimum absolute atomic E-state index is 0.846. The molecule has 0 spiro atoms. The molecule has 1 heterocycles. The van der Waals surface area contributed by atoms with Gasteiger partial charge in [0.05, 0.1) is 11.0 Å². The average Bonchev–Trinajstić information content (AvgIpc) is 2.80. The van der Waals surface area contributed by atoms with Crippen LogP contribution in [0.4, 0.5) is 0 Å². The highest BCUT2D eigenvalue weighted by molar-refractivity contribution is 9.08. The lowest BCUT2D eigenvalue weighted by atomic mass is 10.1. The van der Waals surface area contributed by atoms with Gasteiger partial charge in [0, 0.05) is 11.8 Å². The van der Waals surface area contributed by atoms with Gasteiger partial charge in [-0.15, -0.1) is 0 Å². The minimum atomic E-state index is 0.846. The quantitative estimate of drug-likeness (QED) is 0.726. The zero-order chi connectivity index (χ0) is 12.4. The highest BCUT2D eigenvalue weighted by atomic mass is 79.9. The van der Waals surface area contributed by atoms with Crippen LogP contribution in [0.3, 0.4) is 0 Å². The normalized spacial score (nSPS) is 10.9. The maximum absolute atomic E-state index is 4.61. The molecule has 18 heavy (non-hydrogen) atoms. The largest absolute Gasteiger partial charge is 0.342 e. The van der Waals surface area contributed by atoms with Gasteiger partial charge in [-0.25, -0.2) is 4.98 Å². The van der Waals surface area contributed by atoms with E-state index in [9.17, 15) is 0 Å². The standard InChI is InChI=1S/C15H13BrN2/c16-10-12-6-7-13-14(8-12)18-15(17-13)9-11-4-2-1-3-5-11/h1-8H,9-10H2,(H,17,18). The summed E-state index contributed by atoms with van der Waals surface area (Å²) < 4.78 is 0. The number of alkyl halides is 1. The fraction of sp³-hybridized carbons (Fsp3) is 0.133. The summed E-state index contributed by atoms with van der Waals surface area (Å²) in [6.07, 6.45) is 0.846. The molecular formula is C15H13BrN2. The number of hydrogen-bond donors (Lipinski definition) is 1. The van der Waals surface area contributed by atoms with Crippen molar-refractivity contribution in [3.63, 3.8) is 0 Å². The van der Waals surface area contributed by atoms with E-state index in [0.29, 0.717) is 0 Å². The number of aromatic nitrogens is 2. The lowest BCUT2D eigenvalue weighted by Gasteiger charge is -1.96. The van der Waals surface area contributed by atoms with Crippen molar-refractivity contribution in [1.29, 1.82) is 0 Å².